The molecule has 25 heavy (non-hydrogen) atoms. The molecule has 3 atom stereocenters. The van der Waals surface area contributed by atoms with Crippen LogP contribution < -0.4 is 10.2 Å². The van der Waals surface area contributed by atoms with Gasteiger partial charge in [-0.1, -0.05) is 18.2 Å². The van der Waals surface area contributed by atoms with Gasteiger partial charge < -0.3 is 10.2 Å². The third-order valence-corrected chi connectivity index (χ3v) is 7.41. The maximum Gasteiger partial charge on any atom is 0.206 e. The number of sulfone groups is 1. The first-order valence-corrected chi connectivity index (χ1v) is 10.4. The van der Waals surface area contributed by atoms with Crippen LogP contribution in [0.2, 0.25) is 0 Å². The number of anilines is 1. The molecular formula is C20H24N2O2S. The van der Waals surface area contributed by atoms with E-state index in [1.54, 1.807) is 30.3 Å². The molecular weight excluding hydrogens is 332 g/mol. The molecule has 0 radical (unpaired) electrons. The third-order valence-electron chi connectivity index (χ3n) is 5.65. The van der Waals surface area contributed by atoms with Crippen LogP contribution in [-0.4, -0.2) is 34.1 Å². The normalized spacial score (nSPS) is 26.0. The quantitative estimate of drug-likeness (QED) is 0.898. The molecule has 132 valence electrons. The predicted molar refractivity (Wildman–Crippen MR) is 100.0 cm³/mol. The second kappa shape index (κ2) is 6.15. The van der Waals surface area contributed by atoms with Crippen molar-refractivity contribution < 1.29 is 8.42 Å². The van der Waals surface area contributed by atoms with Crippen LogP contribution in [0, 0.1) is 0 Å². The minimum atomic E-state index is -3.47. The monoisotopic (exact) mass is 356 g/mol. The lowest BCUT2D eigenvalue weighted by atomic mass is 9.90. The molecule has 1 unspecified atom stereocenters. The van der Waals surface area contributed by atoms with Crippen LogP contribution in [0.4, 0.5) is 5.69 Å². The summed E-state index contributed by atoms with van der Waals surface area (Å²) in [5.41, 5.74) is 2.36. The van der Waals surface area contributed by atoms with Gasteiger partial charge in [-0.3, -0.25) is 0 Å². The van der Waals surface area contributed by atoms with Crippen molar-refractivity contribution in [1.29, 1.82) is 0 Å². The third kappa shape index (κ3) is 2.75. The molecule has 4 rings (SSSR count). The number of benzene rings is 2. The van der Waals surface area contributed by atoms with Crippen molar-refractivity contribution in [2.24, 2.45) is 0 Å². The zero-order valence-corrected chi connectivity index (χ0v) is 15.5. The molecule has 2 aromatic rings. The smallest absolute Gasteiger partial charge is 0.206 e. The highest BCUT2D eigenvalue weighted by Crippen LogP contribution is 2.45. The summed E-state index contributed by atoms with van der Waals surface area (Å²) >= 11 is 0. The number of fused-ring (bicyclic) bond motifs is 3. The Morgan fingerprint density at radius 1 is 1.08 bits per heavy atom. The van der Waals surface area contributed by atoms with Crippen molar-refractivity contribution in [3.8, 4) is 0 Å². The molecule has 2 aliphatic heterocycles. The van der Waals surface area contributed by atoms with Gasteiger partial charge in [-0.05, 0) is 62.2 Å². The van der Waals surface area contributed by atoms with Crippen molar-refractivity contribution in [2.75, 3.05) is 18.5 Å². The van der Waals surface area contributed by atoms with E-state index in [4.69, 9.17) is 0 Å². The van der Waals surface area contributed by atoms with E-state index in [2.05, 4.69) is 24.2 Å². The zero-order chi connectivity index (χ0) is 17.6. The lowest BCUT2D eigenvalue weighted by Gasteiger charge is -2.26. The van der Waals surface area contributed by atoms with E-state index < -0.39 is 9.84 Å². The summed E-state index contributed by atoms with van der Waals surface area (Å²) < 4.78 is 25.9. The standard InChI is InChI=1S/C20H24N2O2S/c1-14-12-20-17(10-11-21-14)18-13-16(8-9-19(18)22(20)2)25(23,24)15-6-4-3-5-7-15/h3-9,13-14,17,20-21H,10-12H2,1-2H3/t14?,17-,20-/m1/s1. The minimum Gasteiger partial charge on any atom is -0.371 e. The number of hydrogen-bond acceptors (Lipinski definition) is 4. The molecule has 2 aromatic carbocycles. The first-order valence-electron chi connectivity index (χ1n) is 8.89. The van der Waals surface area contributed by atoms with E-state index >= 15 is 0 Å². The number of nitrogens with one attached hydrogen (secondary N) is 1. The minimum absolute atomic E-state index is 0.356. The van der Waals surface area contributed by atoms with Crippen LogP contribution in [0.1, 0.15) is 31.2 Å². The Morgan fingerprint density at radius 3 is 2.60 bits per heavy atom. The summed E-state index contributed by atoms with van der Waals surface area (Å²) in [6, 6.07) is 15.3. The van der Waals surface area contributed by atoms with Gasteiger partial charge in [-0.2, -0.15) is 0 Å². The molecule has 5 heteroatoms. The van der Waals surface area contributed by atoms with E-state index in [0.717, 1.165) is 19.4 Å². The van der Waals surface area contributed by atoms with Gasteiger partial charge in [0.25, 0.3) is 0 Å². The molecule has 1 fully saturated rings. The average molecular weight is 356 g/mol. The first kappa shape index (κ1) is 16.6. The van der Waals surface area contributed by atoms with Crippen LogP contribution in [0.5, 0.6) is 0 Å². The Kier molecular flexibility index (Phi) is 4.08. The number of rotatable bonds is 2. The number of hydrogen-bond donors (Lipinski definition) is 1. The summed E-state index contributed by atoms with van der Waals surface area (Å²) in [6.45, 7) is 3.20. The van der Waals surface area contributed by atoms with Crippen LogP contribution >= 0.6 is 0 Å². The molecule has 0 amide bonds. The maximum absolute atomic E-state index is 13.0. The molecule has 2 aliphatic rings. The largest absolute Gasteiger partial charge is 0.371 e. The van der Waals surface area contributed by atoms with Gasteiger partial charge in [0.1, 0.15) is 0 Å². The van der Waals surface area contributed by atoms with Gasteiger partial charge in [0, 0.05) is 30.7 Å². The fraction of sp³-hybridized carbons (Fsp3) is 0.400. The molecule has 0 aliphatic carbocycles. The average Bonchev–Trinajstić information content (AvgIpc) is 2.76. The summed E-state index contributed by atoms with van der Waals surface area (Å²) in [7, 11) is -1.34. The van der Waals surface area contributed by atoms with Gasteiger partial charge in [0.05, 0.1) is 9.79 Å². The van der Waals surface area contributed by atoms with Crippen LogP contribution in [0.15, 0.2) is 58.3 Å². The SMILES string of the molecule is CC1C[C@@H]2[C@H](CCN1)c1cc(S(=O)(=O)c3ccccc3)ccc1N2C. The Balaban J connectivity index is 1.77. The molecule has 1 saturated heterocycles. The second-order valence-corrected chi connectivity index (χ2v) is 9.15. The summed E-state index contributed by atoms with van der Waals surface area (Å²) in [5, 5.41) is 3.55. The fourth-order valence-electron chi connectivity index (χ4n) is 4.31. The molecule has 0 aromatic heterocycles. The molecule has 4 nitrogen and oxygen atoms in total. The van der Waals surface area contributed by atoms with E-state index in [1.165, 1.54) is 11.3 Å². The van der Waals surface area contributed by atoms with Crippen LogP contribution in [-0.2, 0) is 9.84 Å². The van der Waals surface area contributed by atoms with E-state index in [0.29, 0.717) is 27.8 Å². The van der Waals surface area contributed by atoms with E-state index in [1.807, 2.05) is 18.2 Å². The molecule has 2 heterocycles. The highest BCUT2D eigenvalue weighted by atomic mass is 32.2. The van der Waals surface area contributed by atoms with Crippen LogP contribution in [0.3, 0.4) is 0 Å². The first-order chi connectivity index (χ1) is 12.0. The lowest BCUT2D eigenvalue weighted by Crippen LogP contribution is -2.34. The van der Waals surface area contributed by atoms with E-state index in [9.17, 15) is 8.42 Å². The Labute approximate surface area is 149 Å². The van der Waals surface area contributed by atoms with Gasteiger partial charge in [-0.15, -0.1) is 0 Å². The van der Waals surface area contributed by atoms with Crippen molar-refractivity contribution in [3.05, 3.63) is 54.1 Å². The Hall–Kier alpha value is -1.85. The number of nitrogens with zero attached hydrogens (tertiary/aromatic N) is 1. The van der Waals surface area contributed by atoms with Gasteiger partial charge >= 0.3 is 0 Å². The van der Waals surface area contributed by atoms with Gasteiger partial charge in [-0.25, -0.2) is 8.42 Å². The van der Waals surface area contributed by atoms with Crippen molar-refractivity contribution in [1.82, 2.24) is 5.32 Å². The topological polar surface area (TPSA) is 49.4 Å². The lowest BCUT2D eigenvalue weighted by molar-refractivity contribution is 0.487. The zero-order valence-electron chi connectivity index (χ0n) is 14.6. The van der Waals surface area contributed by atoms with Gasteiger partial charge in [0.2, 0.25) is 9.84 Å². The predicted octanol–water partition coefficient (Wildman–Crippen LogP) is 3.19. The number of likely N-dealkylation sites (N-methyl/N-ethyl adjacent to an activating group) is 1. The maximum atomic E-state index is 13.0. The van der Waals surface area contributed by atoms with Crippen molar-refractivity contribution in [2.45, 2.75) is 47.6 Å². The summed E-state index contributed by atoms with van der Waals surface area (Å²) in [5.74, 6) is 0.392. The summed E-state index contributed by atoms with van der Waals surface area (Å²) in [4.78, 5) is 3.09. The molecule has 0 saturated carbocycles. The van der Waals surface area contributed by atoms with E-state index in [-0.39, 0.29) is 0 Å². The second-order valence-electron chi connectivity index (χ2n) is 7.20. The highest BCUT2D eigenvalue weighted by Gasteiger charge is 2.39. The van der Waals surface area contributed by atoms with Gasteiger partial charge in [0.15, 0.2) is 0 Å². The van der Waals surface area contributed by atoms with Crippen molar-refractivity contribution in [3.63, 3.8) is 0 Å². The summed E-state index contributed by atoms with van der Waals surface area (Å²) in [6.07, 6.45) is 2.12. The fourth-order valence-corrected chi connectivity index (χ4v) is 5.63. The molecule has 1 N–H and O–H groups in total. The Bertz CT molecular complexity index is 880. The molecule has 0 spiro atoms. The van der Waals surface area contributed by atoms with Crippen LogP contribution in [0.25, 0.3) is 0 Å². The molecule has 0 bridgehead atoms. The van der Waals surface area contributed by atoms with Crippen molar-refractivity contribution >= 4 is 15.5 Å². The highest BCUT2D eigenvalue weighted by molar-refractivity contribution is 7.91. The Morgan fingerprint density at radius 2 is 1.84 bits per heavy atom.